The second kappa shape index (κ2) is 14.5. The zero-order chi connectivity index (χ0) is 51.5. The minimum Gasteiger partial charge on any atom is -0.456 e. The predicted octanol–water partition coefficient (Wildman–Crippen LogP) is 19.5. The molecule has 0 N–H and O–H groups in total. The molecule has 368 valence electrons. The van der Waals surface area contributed by atoms with E-state index in [0.29, 0.717) is 0 Å². The third-order valence-electron chi connectivity index (χ3n) is 17.1. The first-order valence-corrected chi connectivity index (χ1v) is 26.5. The van der Waals surface area contributed by atoms with Crippen LogP contribution in [0.2, 0.25) is 0 Å². The number of hydrogen-bond acceptors (Lipinski definition) is 3. The highest BCUT2D eigenvalue weighted by Crippen LogP contribution is 2.51. The van der Waals surface area contributed by atoms with Gasteiger partial charge in [-0.15, -0.1) is 0 Å². The minimum absolute atomic E-state index is 0.124. The van der Waals surface area contributed by atoms with Crippen molar-refractivity contribution in [2.24, 2.45) is 21.1 Å². The summed E-state index contributed by atoms with van der Waals surface area (Å²) < 4.78 is 27.9. The summed E-state index contributed by atoms with van der Waals surface area (Å²) in [5, 5.41) is 14.4. The molecule has 0 aliphatic heterocycles. The monoisotopic (exact) mass is 977 g/mol. The second-order valence-corrected chi connectivity index (χ2v) is 24.6. The van der Waals surface area contributed by atoms with Crippen molar-refractivity contribution in [3.05, 3.63) is 156 Å². The molecule has 15 rings (SSSR count). The average Bonchev–Trinajstić information content (AvgIpc) is 4.39. The lowest BCUT2D eigenvalue weighted by Crippen LogP contribution is -2.12. The Morgan fingerprint density at radius 1 is 0.320 bits per heavy atom. The van der Waals surface area contributed by atoms with Crippen molar-refractivity contribution in [1.29, 1.82) is 0 Å². The SMILES string of the molecule is Cn1c2ccccc2c2c3c(ccc21)oc1cc(-c2ccc(C(C)(C)C)c4c5c6c(ccc5n(C)c24)oc2c(-c4cc(C(C)(C)C)cc5c7c8c(ccc7n(C)c45)oc4ccccc48)cccc26)cc(C(C)(C)C)c13. The summed E-state index contributed by atoms with van der Waals surface area (Å²) >= 11 is 0. The number of para-hydroxylation sites is 3. The zero-order valence-electron chi connectivity index (χ0n) is 44.8. The number of hydrogen-bond donors (Lipinski definition) is 0. The summed E-state index contributed by atoms with van der Waals surface area (Å²) in [6.45, 7) is 21.0. The van der Waals surface area contributed by atoms with Gasteiger partial charge in [-0.2, -0.15) is 0 Å². The number of rotatable bonds is 2. The van der Waals surface area contributed by atoms with Gasteiger partial charge in [-0.1, -0.05) is 129 Å². The molecule has 0 atom stereocenters. The molecule has 15 aromatic rings. The fourth-order valence-corrected chi connectivity index (χ4v) is 13.5. The normalized spacial score (nSPS) is 13.3. The van der Waals surface area contributed by atoms with E-state index in [2.05, 4.69) is 237 Å². The van der Waals surface area contributed by atoms with Crippen LogP contribution in [0.1, 0.15) is 79.0 Å². The highest BCUT2D eigenvalue weighted by molar-refractivity contribution is 6.33. The van der Waals surface area contributed by atoms with Gasteiger partial charge in [-0.25, -0.2) is 0 Å². The molecule has 0 radical (unpaired) electrons. The molecular weight excluding hydrogens is 919 g/mol. The van der Waals surface area contributed by atoms with Crippen LogP contribution in [0.4, 0.5) is 0 Å². The molecular formula is C69H59N3O3. The maximum absolute atomic E-state index is 7.29. The van der Waals surface area contributed by atoms with Crippen LogP contribution in [0.25, 0.3) is 153 Å². The van der Waals surface area contributed by atoms with Gasteiger partial charge in [0.1, 0.15) is 33.5 Å². The van der Waals surface area contributed by atoms with Crippen molar-refractivity contribution < 1.29 is 13.3 Å². The molecule has 0 unspecified atom stereocenters. The van der Waals surface area contributed by atoms with Crippen LogP contribution in [0.5, 0.6) is 0 Å². The smallest absolute Gasteiger partial charge is 0.143 e. The van der Waals surface area contributed by atoms with E-state index in [0.717, 1.165) is 71.7 Å². The van der Waals surface area contributed by atoms with Crippen LogP contribution >= 0.6 is 0 Å². The number of aromatic nitrogens is 3. The molecule has 6 heterocycles. The number of benzene rings is 9. The maximum atomic E-state index is 7.29. The minimum atomic E-state index is -0.190. The molecule has 0 amide bonds. The average molecular weight is 978 g/mol. The molecule has 0 spiro atoms. The first-order chi connectivity index (χ1) is 35.9. The van der Waals surface area contributed by atoms with Crippen molar-refractivity contribution in [2.45, 2.75) is 78.6 Å². The highest BCUT2D eigenvalue weighted by atomic mass is 16.3. The van der Waals surface area contributed by atoms with Gasteiger partial charge in [0.2, 0.25) is 0 Å². The molecule has 9 aromatic carbocycles. The largest absolute Gasteiger partial charge is 0.456 e. The molecule has 0 aliphatic rings. The Morgan fingerprint density at radius 3 is 1.65 bits per heavy atom. The molecule has 0 saturated carbocycles. The van der Waals surface area contributed by atoms with Crippen LogP contribution in [-0.2, 0) is 37.4 Å². The quantitative estimate of drug-likeness (QED) is 0.173. The molecule has 0 aliphatic carbocycles. The van der Waals surface area contributed by atoms with Gasteiger partial charge < -0.3 is 27.0 Å². The summed E-state index contributed by atoms with van der Waals surface area (Å²) in [4.78, 5) is 0. The molecule has 0 saturated heterocycles. The van der Waals surface area contributed by atoms with Crippen molar-refractivity contribution in [1.82, 2.24) is 13.7 Å². The fraction of sp³-hybridized carbons (Fsp3) is 0.217. The van der Waals surface area contributed by atoms with E-state index in [-0.39, 0.29) is 16.2 Å². The first-order valence-electron chi connectivity index (χ1n) is 26.5. The fourth-order valence-electron chi connectivity index (χ4n) is 13.5. The van der Waals surface area contributed by atoms with E-state index in [1.54, 1.807) is 0 Å². The summed E-state index contributed by atoms with van der Waals surface area (Å²) in [7, 11) is 6.63. The molecule has 0 bridgehead atoms. The lowest BCUT2D eigenvalue weighted by atomic mass is 9.80. The number of furan rings is 3. The van der Waals surface area contributed by atoms with Crippen LogP contribution in [0.3, 0.4) is 0 Å². The van der Waals surface area contributed by atoms with E-state index in [1.807, 2.05) is 0 Å². The van der Waals surface area contributed by atoms with Crippen molar-refractivity contribution in [2.75, 3.05) is 0 Å². The Labute approximate surface area is 434 Å². The lowest BCUT2D eigenvalue weighted by molar-refractivity contribution is 0.591. The summed E-state index contributed by atoms with van der Waals surface area (Å²) in [6.07, 6.45) is 0. The van der Waals surface area contributed by atoms with Crippen molar-refractivity contribution in [3.63, 3.8) is 0 Å². The van der Waals surface area contributed by atoms with E-state index in [1.165, 1.54) is 98.4 Å². The molecule has 75 heavy (non-hydrogen) atoms. The lowest BCUT2D eigenvalue weighted by Gasteiger charge is -2.24. The molecule has 6 aromatic heterocycles. The summed E-state index contributed by atoms with van der Waals surface area (Å²) in [5.74, 6) is 0. The van der Waals surface area contributed by atoms with E-state index in [9.17, 15) is 0 Å². The van der Waals surface area contributed by atoms with Crippen LogP contribution in [0, 0.1) is 0 Å². The van der Waals surface area contributed by atoms with Crippen molar-refractivity contribution in [3.8, 4) is 22.3 Å². The van der Waals surface area contributed by atoms with Crippen LogP contribution in [0.15, 0.2) is 153 Å². The molecule has 6 heteroatoms. The van der Waals surface area contributed by atoms with Crippen LogP contribution < -0.4 is 0 Å². The van der Waals surface area contributed by atoms with Gasteiger partial charge in [-0.3, -0.25) is 0 Å². The van der Waals surface area contributed by atoms with Gasteiger partial charge in [0, 0.05) is 125 Å². The maximum Gasteiger partial charge on any atom is 0.143 e. The standard InChI is InChI=1S/C69H59N3O3/c1-67(2,3)37-34-43(64-44(35-37)57-49(71(64)11)27-29-52-58(57)41-19-14-16-23-51(41)73-52)39-20-17-21-42-59-53(75-66(39)42)30-28-50-62(59)61-45(68(4,5)6)25-24-38(65(61)72(50)12)36-32-46(69(7,8)9)60-55(33-36)74-54-31-26-48-56(63(54)60)40-18-13-15-22-47(40)70(48)10/h13-35H,1-12H3. The molecule has 6 nitrogen and oxygen atoms in total. The van der Waals surface area contributed by atoms with Gasteiger partial charge >= 0.3 is 0 Å². The van der Waals surface area contributed by atoms with Crippen LogP contribution in [-0.4, -0.2) is 13.7 Å². The Kier molecular flexibility index (Phi) is 8.59. The van der Waals surface area contributed by atoms with Crippen molar-refractivity contribution >= 4 is 131 Å². The number of aryl methyl sites for hydroxylation is 3. The van der Waals surface area contributed by atoms with Gasteiger partial charge in [0.15, 0.2) is 0 Å². The number of fused-ring (bicyclic) bond motifs is 21. The predicted molar refractivity (Wildman–Crippen MR) is 317 cm³/mol. The molecule has 0 fully saturated rings. The van der Waals surface area contributed by atoms with Gasteiger partial charge in [-0.05, 0) is 111 Å². The van der Waals surface area contributed by atoms with E-state index < -0.39 is 0 Å². The topological polar surface area (TPSA) is 54.2 Å². The zero-order valence-corrected chi connectivity index (χ0v) is 44.8. The Hall–Kier alpha value is -8.22. The highest BCUT2D eigenvalue weighted by Gasteiger charge is 2.31. The van der Waals surface area contributed by atoms with Gasteiger partial charge in [0.05, 0.1) is 11.0 Å². The van der Waals surface area contributed by atoms with E-state index in [4.69, 9.17) is 13.3 Å². The van der Waals surface area contributed by atoms with Gasteiger partial charge in [0.25, 0.3) is 0 Å². The number of nitrogens with zero attached hydrogens (tertiary/aromatic N) is 3. The summed E-state index contributed by atoms with van der Waals surface area (Å²) in [6, 6.07) is 51.5. The Bertz CT molecular complexity index is 5030. The first kappa shape index (κ1) is 44.3. The second-order valence-electron chi connectivity index (χ2n) is 24.6. The third kappa shape index (κ3) is 5.86. The summed E-state index contributed by atoms with van der Waals surface area (Å²) in [5.41, 5.74) is 20.5. The Morgan fingerprint density at radius 2 is 0.920 bits per heavy atom. The third-order valence-corrected chi connectivity index (χ3v) is 17.1. The Balaban J connectivity index is 1.02. The van der Waals surface area contributed by atoms with E-state index >= 15 is 0 Å².